The molecule has 96 valence electrons. The molecule has 0 atom stereocenters. The second-order valence-corrected chi connectivity index (χ2v) is 4.90. The maximum absolute atomic E-state index is 11.8. The molecule has 1 aromatic rings. The highest BCUT2D eigenvalue weighted by Crippen LogP contribution is 2.29. The molecule has 1 aromatic carbocycles. The number of nitrogens with one attached hydrogen (secondary N) is 2. The SMILES string of the molecule is CC(=O)Nc1cc(NC(=O)C2CCC2)ccc1Cl. The number of hydrogen-bond donors (Lipinski definition) is 2. The van der Waals surface area contributed by atoms with Gasteiger partial charge in [0.15, 0.2) is 0 Å². The van der Waals surface area contributed by atoms with E-state index in [1.807, 2.05) is 0 Å². The molecule has 0 bridgehead atoms. The molecule has 2 amide bonds. The Labute approximate surface area is 111 Å². The Hall–Kier alpha value is -1.55. The number of rotatable bonds is 3. The van der Waals surface area contributed by atoms with Gasteiger partial charge in [-0.15, -0.1) is 0 Å². The van der Waals surface area contributed by atoms with Gasteiger partial charge in [0.1, 0.15) is 0 Å². The lowest BCUT2D eigenvalue weighted by molar-refractivity contribution is -0.122. The molecule has 0 heterocycles. The molecule has 1 aliphatic carbocycles. The Morgan fingerprint density at radius 2 is 2.00 bits per heavy atom. The lowest BCUT2D eigenvalue weighted by atomic mass is 9.85. The van der Waals surface area contributed by atoms with Gasteiger partial charge < -0.3 is 10.6 Å². The van der Waals surface area contributed by atoms with E-state index in [9.17, 15) is 9.59 Å². The highest BCUT2D eigenvalue weighted by atomic mass is 35.5. The number of halogens is 1. The van der Waals surface area contributed by atoms with Gasteiger partial charge in [0.2, 0.25) is 11.8 Å². The van der Waals surface area contributed by atoms with Crippen LogP contribution in [0.5, 0.6) is 0 Å². The summed E-state index contributed by atoms with van der Waals surface area (Å²) >= 11 is 5.95. The number of anilines is 2. The summed E-state index contributed by atoms with van der Waals surface area (Å²) in [5.74, 6) is -0.0263. The molecule has 0 spiro atoms. The molecule has 0 aliphatic heterocycles. The summed E-state index contributed by atoms with van der Waals surface area (Å²) in [6.07, 6.45) is 3.03. The van der Waals surface area contributed by atoms with Gasteiger partial charge in [-0.25, -0.2) is 0 Å². The van der Waals surface area contributed by atoms with Gasteiger partial charge in [-0.3, -0.25) is 9.59 Å². The van der Waals surface area contributed by atoms with E-state index in [1.54, 1.807) is 18.2 Å². The van der Waals surface area contributed by atoms with Crippen molar-refractivity contribution in [3.8, 4) is 0 Å². The third-order valence-electron chi connectivity index (χ3n) is 3.02. The Kier molecular flexibility index (Phi) is 3.87. The fraction of sp³-hybridized carbons (Fsp3) is 0.385. The van der Waals surface area contributed by atoms with Gasteiger partial charge in [-0.2, -0.15) is 0 Å². The van der Waals surface area contributed by atoms with Crippen molar-refractivity contribution in [2.24, 2.45) is 5.92 Å². The van der Waals surface area contributed by atoms with Crippen LogP contribution in [0.2, 0.25) is 5.02 Å². The standard InChI is InChI=1S/C13H15ClN2O2/c1-8(17)15-12-7-10(5-6-11(12)14)16-13(18)9-3-2-4-9/h5-7,9H,2-4H2,1H3,(H,15,17)(H,16,18). The predicted octanol–water partition coefficient (Wildman–Crippen LogP) is 3.04. The Balaban J connectivity index is 2.08. The van der Waals surface area contributed by atoms with Gasteiger partial charge >= 0.3 is 0 Å². The van der Waals surface area contributed by atoms with Crippen LogP contribution in [0, 0.1) is 5.92 Å². The average molecular weight is 267 g/mol. The third kappa shape index (κ3) is 3.01. The first-order valence-electron chi connectivity index (χ1n) is 5.94. The lowest BCUT2D eigenvalue weighted by Crippen LogP contribution is -2.28. The Morgan fingerprint density at radius 1 is 1.28 bits per heavy atom. The topological polar surface area (TPSA) is 58.2 Å². The quantitative estimate of drug-likeness (QED) is 0.883. The van der Waals surface area contributed by atoms with Crippen LogP contribution in [-0.4, -0.2) is 11.8 Å². The van der Waals surface area contributed by atoms with Gasteiger partial charge in [0.05, 0.1) is 10.7 Å². The summed E-state index contributed by atoms with van der Waals surface area (Å²) in [5, 5.41) is 5.91. The predicted molar refractivity (Wildman–Crippen MR) is 71.7 cm³/mol. The van der Waals surface area contributed by atoms with Gasteiger partial charge in [-0.1, -0.05) is 18.0 Å². The summed E-state index contributed by atoms with van der Waals surface area (Å²) in [5.41, 5.74) is 1.16. The molecule has 2 N–H and O–H groups in total. The van der Waals surface area contributed by atoms with Crippen LogP contribution in [0.1, 0.15) is 26.2 Å². The lowest BCUT2D eigenvalue weighted by Gasteiger charge is -2.24. The number of hydrogen-bond acceptors (Lipinski definition) is 2. The molecular formula is C13H15ClN2O2. The van der Waals surface area contributed by atoms with E-state index >= 15 is 0 Å². The summed E-state index contributed by atoms with van der Waals surface area (Å²) in [6.45, 7) is 1.41. The molecule has 1 aliphatic rings. The van der Waals surface area contributed by atoms with E-state index in [4.69, 9.17) is 11.6 Å². The molecule has 0 saturated heterocycles. The minimum absolute atomic E-state index is 0.0392. The normalized spacial score (nSPS) is 14.8. The Morgan fingerprint density at radius 3 is 2.56 bits per heavy atom. The fourth-order valence-electron chi connectivity index (χ4n) is 1.80. The van der Waals surface area contributed by atoms with Gasteiger partial charge in [0, 0.05) is 18.5 Å². The zero-order valence-corrected chi connectivity index (χ0v) is 10.9. The van der Waals surface area contributed by atoms with E-state index in [0.29, 0.717) is 16.4 Å². The van der Waals surface area contributed by atoms with Gasteiger partial charge in [-0.05, 0) is 31.0 Å². The zero-order valence-electron chi connectivity index (χ0n) is 10.1. The minimum Gasteiger partial charge on any atom is -0.326 e. The minimum atomic E-state index is -0.195. The maximum atomic E-state index is 11.8. The summed E-state index contributed by atoms with van der Waals surface area (Å²) in [6, 6.07) is 5.05. The van der Waals surface area contributed by atoms with Crippen molar-refractivity contribution >= 4 is 34.8 Å². The van der Waals surface area contributed by atoms with Crippen LogP contribution < -0.4 is 10.6 Å². The molecule has 5 heteroatoms. The highest BCUT2D eigenvalue weighted by Gasteiger charge is 2.25. The smallest absolute Gasteiger partial charge is 0.227 e. The molecule has 0 unspecified atom stereocenters. The number of amides is 2. The van der Waals surface area contributed by atoms with Crippen LogP contribution >= 0.6 is 11.6 Å². The van der Waals surface area contributed by atoms with Crippen LogP contribution in [0.25, 0.3) is 0 Å². The monoisotopic (exact) mass is 266 g/mol. The van der Waals surface area contributed by atoms with E-state index in [-0.39, 0.29) is 17.7 Å². The van der Waals surface area contributed by atoms with Crippen LogP contribution in [0.4, 0.5) is 11.4 Å². The summed E-state index contributed by atoms with van der Waals surface area (Å²) in [7, 11) is 0. The summed E-state index contributed by atoms with van der Waals surface area (Å²) < 4.78 is 0. The van der Waals surface area contributed by atoms with Crippen molar-refractivity contribution in [1.29, 1.82) is 0 Å². The molecule has 1 fully saturated rings. The largest absolute Gasteiger partial charge is 0.326 e. The first-order valence-corrected chi connectivity index (χ1v) is 6.32. The third-order valence-corrected chi connectivity index (χ3v) is 3.35. The molecule has 2 rings (SSSR count). The van der Waals surface area contributed by atoms with Crippen molar-refractivity contribution < 1.29 is 9.59 Å². The molecule has 1 saturated carbocycles. The number of carbonyl (C=O) groups is 2. The van der Waals surface area contributed by atoms with E-state index in [1.165, 1.54) is 6.92 Å². The first kappa shape index (κ1) is 12.9. The van der Waals surface area contributed by atoms with E-state index in [2.05, 4.69) is 10.6 Å². The van der Waals surface area contributed by atoms with Crippen molar-refractivity contribution in [2.75, 3.05) is 10.6 Å². The number of carbonyl (C=O) groups excluding carboxylic acids is 2. The van der Waals surface area contributed by atoms with Crippen molar-refractivity contribution in [3.05, 3.63) is 23.2 Å². The fourth-order valence-corrected chi connectivity index (χ4v) is 1.97. The van der Waals surface area contributed by atoms with E-state index in [0.717, 1.165) is 19.3 Å². The Bertz CT molecular complexity index is 484. The molecule has 0 aromatic heterocycles. The van der Waals surface area contributed by atoms with Gasteiger partial charge in [0.25, 0.3) is 0 Å². The summed E-state index contributed by atoms with van der Waals surface area (Å²) in [4.78, 5) is 22.8. The first-order chi connectivity index (χ1) is 8.56. The van der Waals surface area contributed by atoms with Crippen LogP contribution in [0.3, 0.4) is 0 Å². The van der Waals surface area contributed by atoms with Crippen molar-refractivity contribution in [1.82, 2.24) is 0 Å². The zero-order chi connectivity index (χ0) is 13.1. The number of benzene rings is 1. The van der Waals surface area contributed by atoms with Crippen LogP contribution in [-0.2, 0) is 9.59 Å². The highest BCUT2D eigenvalue weighted by molar-refractivity contribution is 6.33. The molecule has 0 radical (unpaired) electrons. The second-order valence-electron chi connectivity index (χ2n) is 4.49. The maximum Gasteiger partial charge on any atom is 0.227 e. The molecule has 4 nitrogen and oxygen atoms in total. The van der Waals surface area contributed by atoms with Crippen molar-refractivity contribution in [3.63, 3.8) is 0 Å². The van der Waals surface area contributed by atoms with Crippen molar-refractivity contribution in [2.45, 2.75) is 26.2 Å². The second kappa shape index (κ2) is 5.40. The van der Waals surface area contributed by atoms with Crippen LogP contribution in [0.15, 0.2) is 18.2 Å². The van der Waals surface area contributed by atoms with E-state index < -0.39 is 0 Å². The molecule has 18 heavy (non-hydrogen) atoms. The molecular weight excluding hydrogens is 252 g/mol. The average Bonchev–Trinajstić information content (AvgIpc) is 2.19.